The van der Waals surface area contributed by atoms with Crippen LogP contribution in [0.3, 0.4) is 0 Å². The van der Waals surface area contributed by atoms with Gasteiger partial charge in [-0.2, -0.15) is 5.10 Å². The van der Waals surface area contributed by atoms with Crippen molar-refractivity contribution in [2.45, 2.75) is 12.5 Å². The zero-order valence-corrected chi connectivity index (χ0v) is 13.3. The number of rotatable bonds is 4. The summed E-state index contributed by atoms with van der Waals surface area (Å²) >= 11 is 0. The molecule has 1 aromatic heterocycles. The van der Waals surface area contributed by atoms with E-state index in [2.05, 4.69) is 20.6 Å². The van der Waals surface area contributed by atoms with Gasteiger partial charge < -0.3 is 20.3 Å². The van der Waals surface area contributed by atoms with Crippen LogP contribution in [0.15, 0.2) is 36.7 Å². The number of amides is 2. The minimum absolute atomic E-state index is 0.126. The van der Waals surface area contributed by atoms with E-state index >= 15 is 0 Å². The summed E-state index contributed by atoms with van der Waals surface area (Å²) in [6, 6.07) is 7.23. The number of hydrogen-bond acceptors (Lipinski definition) is 4. The third-order valence-corrected chi connectivity index (χ3v) is 3.91. The van der Waals surface area contributed by atoms with Gasteiger partial charge in [-0.3, -0.25) is 4.68 Å². The number of methoxy groups -OCH3 is 1. The number of ether oxygens (including phenoxy) is 1. The normalized spacial score (nSPS) is 17.1. The first-order chi connectivity index (χ1) is 11.1. The monoisotopic (exact) mass is 315 g/mol. The fourth-order valence-corrected chi connectivity index (χ4v) is 2.74. The summed E-state index contributed by atoms with van der Waals surface area (Å²) in [5.74, 6) is 0.714. The number of nitrogens with one attached hydrogen (secondary N) is 2. The molecule has 0 aliphatic carbocycles. The Hall–Kier alpha value is -2.70. The fraction of sp³-hybridized carbons (Fsp3) is 0.375. The largest absolute Gasteiger partial charge is 0.497 e. The Morgan fingerprint density at radius 2 is 2.30 bits per heavy atom. The van der Waals surface area contributed by atoms with Crippen molar-refractivity contribution in [2.75, 3.05) is 30.4 Å². The Morgan fingerprint density at radius 1 is 1.43 bits per heavy atom. The highest BCUT2D eigenvalue weighted by molar-refractivity contribution is 5.89. The van der Waals surface area contributed by atoms with Gasteiger partial charge in [0.25, 0.3) is 0 Å². The second-order valence-corrected chi connectivity index (χ2v) is 5.63. The van der Waals surface area contributed by atoms with Crippen molar-refractivity contribution in [3.63, 3.8) is 0 Å². The molecule has 0 saturated carbocycles. The summed E-state index contributed by atoms with van der Waals surface area (Å²) < 4.78 is 6.93. The molecule has 7 heteroatoms. The SMILES string of the molecule is COc1cccc(NC(=O)N[C@@H]2CCN(c3cnn(C)c3)C2)c1. The summed E-state index contributed by atoms with van der Waals surface area (Å²) in [4.78, 5) is 14.3. The highest BCUT2D eigenvalue weighted by Gasteiger charge is 2.24. The molecular formula is C16H21N5O2. The van der Waals surface area contributed by atoms with Crippen LogP contribution in [-0.4, -0.2) is 42.1 Å². The van der Waals surface area contributed by atoms with E-state index in [0.717, 1.165) is 25.2 Å². The second kappa shape index (κ2) is 6.60. The zero-order chi connectivity index (χ0) is 16.2. The number of aromatic nitrogens is 2. The lowest BCUT2D eigenvalue weighted by molar-refractivity contribution is 0.249. The molecule has 0 bridgehead atoms. The molecule has 2 N–H and O–H groups in total. The van der Waals surface area contributed by atoms with Crippen LogP contribution >= 0.6 is 0 Å². The van der Waals surface area contributed by atoms with Gasteiger partial charge in [-0.1, -0.05) is 6.07 Å². The Bertz CT molecular complexity index is 685. The summed E-state index contributed by atoms with van der Waals surface area (Å²) in [5.41, 5.74) is 1.80. The van der Waals surface area contributed by atoms with Crippen molar-refractivity contribution in [3.05, 3.63) is 36.7 Å². The third-order valence-electron chi connectivity index (χ3n) is 3.91. The molecule has 1 aromatic carbocycles. The molecule has 122 valence electrons. The van der Waals surface area contributed by atoms with E-state index in [9.17, 15) is 4.79 Å². The molecule has 1 atom stereocenters. The van der Waals surface area contributed by atoms with E-state index in [4.69, 9.17) is 4.74 Å². The zero-order valence-electron chi connectivity index (χ0n) is 13.3. The smallest absolute Gasteiger partial charge is 0.319 e. The van der Waals surface area contributed by atoms with Gasteiger partial charge in [-0.15, -0.1) is 0 Å². The lowest BCUT2D eigenvalue weighted by Gasteiger charge is -2.17. The van der Waals surface area contributed by atoms with Crippen LogP contribution < -0.4 is 20.3 Å². The van der Waals surface area contributed by atoms with E-state index in [-0.39, 0.29) is 12.1 Å². The van der Waals surface area contributed by atoms with E-state index in [0.29, 0.717) is 11.4 Å². The van der Waals surface area contributed by atoms with E-state index in [1.807, 2.05) is 37.6 Å². The van der Waals surface area contributed by atoms with E-state index < -0.39 is 0 Å². The average molecular weight is 315 g/mol. The molecule has 0 radical (unpaired) electrons. The number of anilines is 2. The molecule has 3 rings (SSSR count). The van der Waals surface area contributed by atoms with Crippen LogP contribution in [-0.2, 0) is 7.05 Å². The fourth-order valence-electron chi connectivity index (χ4n) is 2.74. The lowest BCUT2D eigenvalue weighted by atomic mass is 10.2. The molecular weight excluding hydrogens is 294 g/mol. The lowest BCUT2D eigenvalue weighted by Crippen LogP contribution is -2.39. The molecule has 1 aliphatic rings. The first-order valence-corrected chi connectivity index (χ1v) is 7.59. The van der Waals surface area contributed by atoms with Crippen LogP contribution in [0.25, 0.3) is 0 Å². The molecule has 2 heterocycles. The average Bonchev–Trinajstić information content (AvgIpc) is 3.16. The molecule has 0 spiro atoms. The van der Waals surface area contributed by atoms with Crippen LogP contribution in [0.2, 0.25) is 0 Å². The van der Waals surface area contributed by atoms with Crippen molar-refractivity contribution in [3.8, 4) is 5.75 Å². The molecule has 1 fully saturated rings. The number of urea groups is 1. The number of aryl methyl sites for hydroxylation is 1. The third kappa shape index (κ3) is 3.74. The van der Waals surface area contributed by atoms with Crippen molar-refractivity contribution in [1.29, 1.82) is 0 Å². The summed E-state index contributed by atoms with van der Waals surface area (Å²) in [6.07, 6.45) is 4.75. The summed E-state index contributed by atoms with van der Waals surface area (Å²) in [6.45, 7) is 1.70. The predicted molar refractivity (Wildman–Crippen MR) is 89.0 cm³/mol. The van der Waals surface area contributed by atoms with Crippen LogP contribution in [0.5, 0.6) is 5.75 Å². The Balaban J connectivity index is 1.52. The second-order valence-electron chi connectivity index (χ2n) is 5.63. The van der Waals surface area contributed by atoms with Crippen LogP contribution in [0, 0.1) is 0 Å². The molecule has 0 unspecified atom stereocenters. The van der Waals surface area contributed by atoms with Crippen molar-refractivity contribution in [2.24, 2.45) is 7.05 Å². The van der Waals surface area contributed by atoms with E-state index in [1.54, 1.807) is 17.9 Å². The quantitative estimate of drug-likeness (QED) is 0.903. The van der Waals surface area contributed by atoms with Crippen LogP contribution in [0.4, 0.5) is 16.2 Å². The van der Waals surface area contributed by atoms with Gasteiger partial charge in [0, 0.05) is 44.1 Å². The first-order valence-electron chi connectivity index (χ1n) is 7.59. The number of carbonyl (C=O) groups is 1. The van der Waals surface area contributed by atoms with Gasteiger partial charge in [0.2, 0.25) is 0 Å². The number of benzene rings is 1. The van der Waals surface area contributed by atoms with Gasteiger partial charge in [-0.25, -0.2) is 4.79 Å². The predicted octanol–water partition coefficient (Wildman–Crippen LogP) is 1.83. The van der Waals surface area contributed by atoms with Gasteiger partial charge >= 0.3 is 6.03 Å². The molecule has 1 aliphatic heterocycles. The topological polar surface area (TPSA) is 71.4 Å². The van der Waals surface area contributed by atoms with E-state index in [1.165, 1.54) is 0 Å². The van der Waals surface area contributed by atoms with Gasteiger partial charge in [0.15, 0.2) is 0 Å². The molecule has 7 nitrogen and oxygen atoms in total. The first kappa shape index (κ1) is 15.2. The summed E-state index contributed by atoms with van der Waals surface area (Å²) in [7, 11) is 3.50. The standard InChI is InChI=1S/C16H21N5O2/c1-20-11-14(9-17-20)21-7-6-13(10-21)19-16(22)18-12-4-3-5-15(8-12)23-2/h3-5,8-9,11,13H,6-7,10H2,1-2H3,(H2,18,19,22)/t13-/m1/s1. The highest BCUT2D eigenvalue weighted by atomic mass is 16.5. The number of carbonyl (C=O) groups excluding carboxylic acids is 1. The van der Waals surface area contributed by atoms with Crippen molar-refractivity contribution in [1.82, 2.24) is 15.1 Å². The maximum absolute atomic E-state index is 12.1. The Morgan fingerprint density at radius 3 is 3.04 bits per heavy atom. The number of hydrogen-bond donors (Lipinski definition) is 2. The number of nitrogens with zero attached hydrogens (tertiary/aromatic N) is 3. The van der Waals surface area contributed by atoms with Crippen molar-refractivity contribution < 1.29 is 9.53 Å². The maximum atomic E-state index is 12.1. The van der Waals surface area contributed by atoms with Gasteiger partial charge in [0.05, 0.1) is 19.0 Å². The molecule has 2 aromatic rings. The minimum atomic E-state index is -0.198. The summed E-state index contributed by atoms with van der Waals surface area (Å²) in [5, 5.41) is 10.0. The van der Waals surface area contributed by atoms with Crippen molar-refractivity contribution >= 4 is 17.4 Å². The maximum Gasteiger partial charge on any atom is 0.319 e. The molecule has 23 heavy (non-hydrogen) atoms. The Kier molecular flexibility index (Phi) is 4.36. The van der Waals surface area contributed by atoms with Gasteiger partial charge in [-0.05, 0) is 18.6 Å². The minimum Gasteiger partial charge on any atom is -0.497 e. The molecule has 2 amide bonds. The molecule has 1 saturated heterocycles. The van der Waals surface area contributed by atoms with Gasteiger partial charge in [0.1, 0.15) is 5.75 Å². The van der Waals surface area contributed by atoms with Crippen LogP contribution in [0.1, 0.15) is 6.42 Å². The Labute approximate surface area is 135 Å². The highest BCUT2D eigenvalue weighted by Crippen LogP contribution is 2.20.